The van der Waals surface area contributed by atoms with E-state index in [1.54, 1.807) is 0 Å². The van der Waals surface area contributed by atoms with Crippen molar-refractivity contribution in [3.8, 4) is 0 Å². The highest BCUT2D eigenvalue weighted by Crippen LogP contribution is 2.32. The van der Waals surface area contributed by atoms with Gasteiger partial charge in [0.1, 0.15) is 0 Å². The van der Waals surface area contributed by atoms with E-state index >= 15 is 0 Å². The van der Waals surface area contributed by atoms with Gasteiger partial charge in [-0.15, -0.1) is 0 Å². The summed E-state index contributed by atoms with van der Waals surface area (Å²) in [5.41, 5.74) is 2.64. The smallest absolute Gasteiger partial charge is 0.0829 e. The Hall–Kier alpha value is -0.820. The summed E-state index contributed by atoms with van der Waals surface area (Å²) in [6.45, 7) is 4.26. The van der Waals surface area contributed by atoms with Gasteiger partial charge >= 0.3 is 0 Å². The third-order valence-corrected chi connectivity index (χ3v) is 2.68. The number of hydrogen-bond donors (Lipinski definition) is 0. The van der Waals surface area contributed by atoms with Crippen LogP contribution in [0.1, 0.15) is 37.0 Å². The average molecular weight is 176 g/mol. The van der Waals surface area contributed by atoms with E-state index < -0.39 is 0 Å². The van der Waals surface area contributed by atoms with Gasteiger partial charge in [0.25, 0.3) is 0 Å². The van der Waals surface area contributed by atoms with Gasteiger partial charge in [0.2, 0.25) is 0 Å². The highest BCUT2D eigenvalue weighted by molar-refractivity contribution is 5.23. The SMILES string of the molecule is Cc1ccc([C@H]2CC[C@@H](C)O2)cc1. The van der Waals surface area contributed by atoms with Crippen LogP contribution >= 0.6 is 0 Å². The molecule has 2 atom stereocenters. The molecule has 0 N–H and O–H groups in total. The number of hydrogen-bond acceptors (Lipinski definition) is 1. The Morgan fingerprint density at radius 1 is 1.15 bits per heavy atom. The molecule has 1 aliphatic heterocycles. The van der Waals surface area contributed by atoms with E-state index in [-0.39, 0.29) is 0 Å². The Morgan fingerprint density at radius 2 is 1.85 bits per heavy atom. The molecule has 1 fully saturated rings. The lowest BCUT2D eigenvalue weighted by atomic mass is 10.1. The van der Waals surface area contributed by atoms with Gasteiger partial charge in [-0.3, -0.25) is 0 Å². The van der Waals surface area contributed by atoms with Gasteiger partial charge in [0.15, 0.2) is 0 Å². The van der Waals surface area contributed by atoms with Gasteiger partial charge in [0.05, 0.1) is 12.2 Å². The predicted molar refractivity (Wildman–Crippen MR) is 53.7 cm³/mol. The topological polar surface area (TPSA) is 9.23 Å². The Balaban J connectivity index is 2.13. The number of benzene rings is 1. The van der Waals surface area contributed by atoms with Gasteiger partial charge < -0.3 is 4.74 Å². The van der Waals surface area contributed by atoms with Crippen LogP contribution in [0.15, 0.2) is 24.3 Å². The first-order chi connectivity index (χ1) is 6.25. The maximum absolute atomic E-state index is 5.79. The summed E-state index contributed by atoms with van der Waals surface area (Å²) in [5, 5.41) is 0. The molecule has 2 rings (SSSR count). The normalized spacial score (nSPS) is 27.8. The molecule has 1 heteroatoms. The summed E-state index contributed by atoms with van der Waals surface area (Å²) >= 11 is 0. The molecular weight excluding hydrogens is 160 g/mol. The third-order valence-electron chi connectivity index (χ3n) is 2.68. The van der Waals surface area contributed by atoms with Crippen LogP contribution in [0.5, 0.6) is 0 Å². The number of rotatable bonds is 1. The molecule has 0 aliphatic carbocycles. The molecule has 13 heavy (non-hydrogen) atoms. The molecule has 0 unspecified atom stereocenters. The van der Waals surface area contributed by atoms with E-state index in [0.717, 1.165) is 0 Å². The van der Waals surface area contributed by atoms with Crippen molar-refractivity contribution in [2.75, 3.05) is 0 Å². The first-order valence-electron chi connectivity index (χ1n) is 4.98. The fourth-order valence-electron chi connectivity index (χ4n) is 1.83. The van der Waals surface area contributed by atoms with Crippen LogP contribution in [0.25, 0.3) is 0 Å². The summed E-state index contributed by atoms with van der Waals surface area (Å²) in [6, 6.07) is 8.67. The fraction of sp³-hybridized carbons (Fsp3) is 0.500. The Labute approximate surface area is 79.7 Å². The van der Waals surface area contributed by atoms with Gasteiger partial charge in [-0.2, -0.15) is 0 Å². The standard InChI is InChI=1S/C12H16O/c1-9-3-6-11(7-4-9)12-8-5-10(2)13-12/h3-4,6-7,10,12H,5,8H2,1-2H3/t10-,12-/m1/s1. The molecule has 1 heterocycles. The average Bonchev–Trinajstić information content (AvgIpc) is 2.53. The third kappa shape index (κ3) is 1.92. The van der Waals surface area contributed by atoms with Crippen LogP contribution < -0.4 is 0 Å². The van der Waals surface area contributed by atoms with Crippen LogP contribution in [-0.2, 0) is 4.74 Å². The van der Waals surface area contributed by atoms with Gasteiger partial charge in [-0.1, -0.05) is 29.8 Å². The van der Waals surface area contributed by atoms with Crippen molar-refractivity contribution in [1.29, 1.82) is 0 Å². The summed E-state index contributed by atoms with van der Waals surface area (Å²) in [4.78, 5) is 0. The molecule has 0 bridgehead atoms. The largest absolute Gasteiger partial charge is 0.371 e. The first kappa shape index (κ1) is 8.76. The fourth-order valence-corrected chi connectivity index (χ4v) is 1.83. The van der Waals surface area contributed by atoms with E-state index in [1.807, 2.05) is 0 Å². The zero-order valence-corrected chi connectivity index (χ0v) is 8.29. The molecule has 0 amide bonds. The van der Waals surface area contributed by atoms with Crippen molar-refractivity contribution in [3.05, 3.63) is 35.4 Å². The molecule has 0 aromatic heterocycles. The van der Waals surface area contributed by atoms with Crippen molar-refractivity contribution in [2.24, 2.45) is 0 Å². The number of aryl methyl sites for hydroxylation is 1. The van der Waals surface area contributed by atoms with Gasteiger partial charge in [-0.25, -0.2) is 0 Å². The number of ether oxygens (including phenoxy) is 1. The molecule has 1 aliphatic rings. The predicted octanol–water partition coefficient (Wildman–Crippen LogP) is 3.24. The molecule has 1 aromatic rings. The molecule has 1 aromatic carbocycles. The minimum atomic E-state index is 0.343. The van der Waals surface area contributed by atoms with Crippen molar-refractivity contribution in [3.63, 3.8) is 0 Å². The van der Waals surface area contributed by atoms with E-state index in [4.69, 9.17) is 4.74 Å². The molecule has 0 saturated carbocycles. The second kappa shape index (κ2) is 3.51. The van der Waals surface area contributed by atoms with Gasteiger partial charge in [0, 0.05) is 0 Å². The second-order valence-electron chi connectivity index (χ2n) is 3.92. The summed E-state index contributed by atoms with van der Waals surface area (Å²) < 4.78 is 5.79. The van der Waals surface area contributed by atoms with Crippen LogP contribution in [0.2, 0.25) is 0 Å². The lowest BCUT2D eigenvalue weighted by Gasteiger charge is -2.11. The lowest BCUT2D eigenvalue weighted by molar-refractivity contribution is 0.0555. The van der Waals surface area contributed by atoms with Gasteiger partial charge in [-0.05, 0) is 32.3 Å². The molecule has 0 spiro atoms. The van der Waals surface area contributed by atoms with Crippen molar-refractivity contribution in [2.45, 2.75) is 38.9 Å². The highest BCUT2D eigenvalue weighted by Gasteiger charge is 2.22. The van der Waals surface area contributed by atoms with Crippen LogP contribution in [0.3, 0.4) is 0 Å². The van der Waals surface area contributed by atoms with Crippen LogP contribution in [0.4, 0.5) is 0 Å². The Morgan fingerprint density at radius 3 is 2.38 bits per heavy atom. The van der Waals surface area contributed by atoms with Crippen molar-refractivity contribution >= 4 is 0 Å². The maximum Gasteiger partial charge on any atom is 0.0829 e. The minimum absolute atomic E-state index is 0.343. The van der Waals surface area contributed by atoms with E-state index in [2.05, 4.69) is 38.1 Å². The van der Waals surface area contributed by atoms with E-state index in [0.29, 0.717) is 12.2 Å². The van der Waals surface area contributed by atoms with Crippen molar-refractivity contribution < 1.29 is 4.74 Å². The molecule has 1 saturated heterocycles. The lowest BCUT2D eigenvalue weighted by Crippen LogP contribution is -2.00. The summed E-state index contributed by atoms with van der Waals surface area (Å²) in [6.07, 6.45) is 3.14. The first-order valence-corrected chi connectivity index (χ1v) is 4.98. The molecular formula is C12H16O. The Bertz CT molecular complexity index is 276. The maximum atomic E-state index is 5.79. The molecule has 0 radical (unpaired) electrons. The second-order valence-corrected chi connectivity index (χ2v) is 3.92. The van der Waals surface area contributed by atoms with Crippen LogP contribution in [0, 0.1) is 6.92 Å². The molecule has 70 valence electrons. The summed E-state index contributed by atoms with van der Waals surface area (Å²) in [5.74, 6) is 0. The Kier molecular flexibility index (Phi) is 2.36. The molecule has 1 nitrogen and oxygen atoms in total. The summed E-state index contributed by atoms with van der Waals surface area (Å²) in [7, 11) is 0. The zero-order chi connectivity index (χ0) is 9.26. The quantitative estimate of drug-likeness (QED) is 0.638. The van der Waals surface area contributed by atoms with E-state index in [9.17, 15) is 0 Å². The van der Waals surface area contributed by atoms with E-state index in [1.165, 1.54) is 24.0 Å². The van der Waals surface area contributed by atoms with Crippen LogP contribution in [-0.4, -0.2) is 6.10 Å². The minimum Gasteiger partial charge on any atom is -0.371 e. The monoisotopic (exact) mass is 176 g/mol. The highest BCUT2D eigenvalue weighted by atomic mass is 16.5. The zero-order valence-electron chi connectivity index (χ0n) is 8.29. The van der Waals surface area contributed by atoms with Crippen molar-refractivity contribution in [1.82, 2.24) is 0 Å².